The van der Waals surface area contributed by atoms with Crippen LogP contribution in [0.25, 0.3) is 0 Å². The number of nitrogens with zero attached hydrogens (tertiary/aromatic N) is 1. The van der Waals surface area contributed by atoms with Gasteiger partial charge in [-0.25, -0.2) is 4.39 Å². The summed E-state index contributed by atoms with van der Waals surface area (Å²) in [6.07, 6.45) is 3.18. The lowest BCUT2D eigenvalue weighted by molar-refractivity contribution is -0.114. The van der Waals surface area contributed by atoms with Gasteiger partial charge in [0.1, 0.15) is 5.82 Å². The minimum atomic E-state index is -0.277. The SMILES string of the molecule is CCN1CCCC(Nc2cc(NC(C)=O)ccc2F)CC1. The Balaban J connectivity index is 2.02. The standard InChI is InChI=1S/C16H24FN3O/c1-3-20-9-4-5-13(8-10-20)19-16-11-14(18-12(2)21)6-7-15(16)17/h6-7,11,13,19H,3-5,8-10H2,1-2H3,(H,18,21). The molecule has 1 saturated heterocycles. The van der Waals surface area contributed by atoms with E-state index in [1.54, 1.807) is 12.1 Å². The van der Waals surface area contributed by atoms with Crippen molar-refractivity contribution in [3.05, 3.63) is 24.0 Å². The van der Waals surface area contributed by atoms with Gasteiger partial charge in [0.25, 0.3) is 0 Å². The Morgan fingerprint density at radius 3 is 2.90 bits per heavy atom. The predicted octanol–water partition coefficient (Wildman–Crippen LogP) is 3.07. The van der Waals surface area contributed by atoms with Gasteiger partial charge in [0.05, 0.1) is 5.69 Å². The van der Waals surface area contributed by atoms with Crippen molar-refractivity contribution >= 4 is 17.3 Å². The number of hydrogen-bond donors (Lipinski definition) is 2. The van der Waals surface area contributed by atoms with Gasteiger partial charge in [-0.3, -0.25) is 4.79 Å². The summed E-state index contributed by atoms with van der Waals surface area (Å²) in [6.45, 7) is 6.84. The molecular weight excluding hydrogens is 269 g/mol. The van der Waals surface area contributed by atoms with Crippen molar-refractivity contribution in [3.8, 4) is 0 Å². The molecule has 0 aliphatic carbocycles. The zero-order valence-corrected chi connectivity index (χ0v) is 12.8. The summed E-state index contributed by atoms with van der Waals surface area (Å²) in [4.78, 5) is 13.5. The molecular formula is C16H24FN3O. The van der Waals surface area contributed by atoms with Gasteiger partial charge in [0.2, 0.25) is 5.91 Å². The van der Waals surface area contributed by atoms with Crippen molar-refractivity contribution < 1.29 is 9.18 Å². The second kappa shape index (κ2) is 7.41. The van der Waals surface area contributed by atoms with Crippen LogP contribution in [-0.2, 0) is 4.79 Å². The summed E-state index contributed by atoms with van der Waals surface area (Å²) in [7, 11) is 0. The fourth-order valence-corrected chi connectivity index (χ4v) is 2.75. The molecule has 0 bridgehead atoms. The van der Waals surface area contributed by atoms with Crippen LogP contribution in [0.5, 0.6) is 0 Å². The maximum Gasteiger partial charge on any atom is 0.221 e. The van der Waals surface area contributed by atoms with E-state index in [1.807, 2.05) is 0 Å². The normalized spacial score (nSPS) is 19.9. The number of halogens is 1. The van der Waals surface area contributed by atoms with Crippen LogP contribution in [-0.4, -0.2) is 36.5 Å². The second-order valence-corrected chi connectivity index (χ2v) is 5.58. The largest absolute Gasteiger partial charge is 0.380 e. The number of amides is 1. The van der Waals surface area contributed by atoms with Crippen molar-refractivity contribution in [1.29, 1.82) is 0 Å². The van der Waals surface area contributed by atoms with Crippen molar-refractivity contribution in [3.63, 3.8) is 0 Å². The Hall–Kier alpha value is -1.62. The Kier molecular flexibility index (Phi) is 5.56. The first-order valence-electron chi connectivity index (χ1n) is 7.64. The number of carbonyl (C=O) groups is 1. The third-order valence-electron chi connectivity index (χ3n) is 3.91. The van der Waals surface area contributed by atoms with Gasteiger partial charge in [0.15, 0.2) is 0 Å². The number of nitrogens with one attached hydrogen (secondary N) is 2. The van der Waals surface area contributed by atoms with Crippen LogP contribution in [0.15, 0.2) is 18.2 Å². The van der Waals surface area contributed by atoms with E-state index in [0.717, 1.165) is 38.9 Å². The van der Waals surface area contributed by atoms with Gasteiger partial charge in [0, 0.05) is 25.2 Å². The molecule has 2 rings (SSSR count). The van der Waals surface area contributed by atoms with E-state index in [2.05, 4.69) is 22.5 Å². The highest BCUT2D eigenvalue weighted by atomic mass is 19.1. The fourth-order valence-electron chi connectivity index (χ4n) is 2.75. The maximum atomic E-state index is 13.9. The summed E-state index contributed by atoms with van der Waals surface area (Å²) in [5, 5.41) is 5.98. The zero-order valence-electron chi connectivity index (χ0n) is 12.8. The third kappa shape index (κ3) is 4.70. The van der Waals surface area contributed by atoms with Crippen LogP contribution < -0.4 is 10.6 Å². The lowest BCUT2D eigenvalue weighted by atomic mass is 10.1. The molecule has 1 aliphatic rings. The van der Waals surface area contributed by atoms with E-state index in [9.17, 15) is 9.18 Å². The van der Waals surface area contributed by atoms with E-state index in [1.165, 1.54) is 13.0 Å². The molecule has 5 heteroatoms. The van der Waals surface area contributed by atoms with E-state index in [4.69, 9.17) is 0 Å². The highest BCUT2D eigenvalue weighted by Gasteiger charge is 2.17. The van der Waals surface area contributed by atoms with Crippen LogP contribution >= 0.6 is 0 Å². The summed E-state index contributed by atoms with van der Waals surface area (Å²) in [6, 6.07) is 4.92. The van der Waals surface area contributed by atoms with Crippen LogP contribution in [0.3, 0.4) is 0 Å². The minimum absolute atomic E-state index is 0.152. The Bertz CT molecular complexity index is 492. The maximum absolute atomic E-state index is 13.9. The van der Waals surface area contributed by atoms with Crippen molar-refractivity contribution in [1.82, 2.24) is 4.90 Å². The molecule has 116 valence electrons. The van der Waals surface area contributed by atoms with Crippen LogP contribution in [0.4, 0.5) is 15.8 Å². The Morgan fingerprint density at radius 2 is 2.19 bits per heavy atom. The van der Waals surface area contributed by atoms with Crippen LogP contribution in [0.1, 0.15) is 33.1 Å². The predicted molar refractivity (Wildman–Crippen MR) is 84.1 cm³/mol. The number of hydrogen-bond acceptors (Lipinski definition) is 3. The molecule has 21 heavy (non-hydrogen) atoms. The summed E-state index contributed by atoms with van der Waals surface area (Å²) < 4.78 is 13.9. The number of benzene rings is 1. The molecule has 2 N–H and O–H groups in total. The highest BCUT2D eigenvalue weighted by Crippen LogP contribution is 2.23. The number of rotatable bonds is 4. The molecule has 1 fully saturated rings. The van der Waals surface area contributed by atoms with Crippen LogP contribution in [0.2, 0.25) is 0 Å². The summed E-state index contributed by atoms with van der Waals surface area (Å²) in [5.74, 6) is -0.429. The molecule has 0 aromatic heterocycles. The topological polar surface area (TPSA) is 44.4 Å². The minimum Gasteiger partial charge on any atom is -0.380 e. The molecule has 0 radical (unpaired) electrons. The molecule has 1 aromatic rings. The van der Waals surface area contributed by atoms with E-state index >= 15 is 0 Å². The molecule has 1 amide bonds. The summed E-state index contributed by atoms with van der Waals surface area (Å²) in [5.41, 5.74) is 1.09. The Morgan fingerprint density at radius 1 is 1.38 bits per heavy atom. The first kappa shape index (κ1) is 15.8. The molecule has 1 aromatic carbocycles. The molecule has 1 unspecified atom stereocenters. The van der Waals surface area contributed by atoms with Gasteiger partial charge in [-0.2, -0.15) is 0 Å². The fraction of sp³-hybridized carbons (Fsp3) is 0.562. The molecule has 0 saturated carbocycles. The monoisotopic (exact) mass is 293 g/mol. The van der Waals surface area contributed by atoms with Crippen LogP contribution in [0, 0.1) is 5.82 Å². The quantitative estimate of drug-likeness (QED) is 0.896. The van der Waals surface area contributed by atoms with Gasteiger partial charge < -0.3 is 15.5 Å². The molecule has 4 nitrogen and oxygen atoms in total. The molecule has 1 atom stereocenters. The average Bonchev–Trinajstić information content (AvgIpc) is 2.67. The number of likely N-dealkylation sites (tertiary alicyclic amines) is 1. The summed E-state index contributed by atoms with van der Waals surface area (Å²) >= 11 is 0. The van der Waals surface area contributed by atoms with E-state index in [0.29, 0.717) is 11.4 Å². The van der Waals surface area contributed by atoms with Gasteiger partial charge in [-0.05, 0) is 50.6 Å². The third-order valence-corrected chi connectivity index (χ3v) is 3.91. The zero-order chi connectivity index (χ0) is 15.2. The first-order valence-corrected chi connectivity index (χ1v) is 7.64. The molecule has 1 aliphatic heterocycles. The lowest BCUT2D eigenvalue weighted by Crippen LogP contribution is -2.26. The lowest BCUT2D eigenvalue weighted by Gasteiger charge is -2.20. The average molecular weight is 293 g/mol. The second-order valence-electron chi connectivity index (χ2n) is 5.58. The van der Waals surface area contributed by atoms with Gasteiger partial charge in [-0.15, -0.1) is 0 Å². The number of carbonyl (C=O) groups excluding carboxylic acids is 1. The van der Waals surface area contributed by atoms with E-state index in [-0.39, 0.29) is 17.8 Å². The number of anilines is 2. The van der Waals surface area contributed by atoms with Crippen molar-refractivity contribution in [2.45, 2.75) is 39.2 Å². The Labute approximate surface area is 125 Å². The first-order chi connectivity index (χ1) is 10.1. The molecule has 1 heterocycles. The van der Waals surface area contributed by atoms with Crippen molar-refractivity contribution in [2.75, 3.05) is 30.3 Å². The van der Waals surface area contributed by atoms with Gasteiger partial charge in [-0.1, -0.05) is 6.92 Å². The van der Waals surface area contributed by atoms with Gasteiger partial charge >= 0.3 is 0 Å². The van der Waals surface area contributed by atoms with Crippen molar-refractivity contribution in [2.24, 2.45) is 0 Å². The highest BCUT2D eigenvalue weighted by molar-refractivity contribution is 5.89. The van der Waals surface area contributed by atoms with E-state index < -0.39 is 0 Å². The smallest absolute Gasteiger partial charge is 0.221 e. The molecule has 0 spiro atoms.